The first-order valence-electron chi connectivity index (χ1n) is 5.67. The Kier molecular flexibility index (Phi) is 5.47. The third-order valence-electron chi connectivity index (χ3n) is 2.92. The van der Waals surface area contributed by atoms with Crippen molar-refractivity contribution in [2.24, 2.45) is 0 Å². The Morgan fingerprint density at radius 3 is 2.13 bits per heavy atom. The molecule has 0 spiro atoms. The number of hydrogen-bond acceptors (Lipinski definition) is 3. The average Bonchev–Trinajstić information content (AvgIpc) is 2.21. The van der Waals surface area contributed by atoms with Crippen molar-refractivity contribution in [3.63, 3.8) is 0 Å². The van der Waals surface area contributed by atoms with Crippen molar-refractivity contribution in [2.45, 2.75) is 50.7 Å². The second kappa shape index (κ2) is 6.67. The molecule has 1 rings (SSSR count). The molecule has 88 valence electrons. The molecule has 1 N–H and O–H groups in total. The van der Waals surface area contributed by atoms with E-state index in [9.17, 15) is 4.79 Å². The van der Waals surface area contributed by atoms with Crippen LogP contribution in [0, 0.1) is 0 Å². The van der Waals surface area contributed by atoms with Gasteiger partial charge in [-0.05, 0) is 38.5 Å². The number of alkyl carbamates (subject to hydrolysis) is 1. The molecule has 0 aromatic heterocycles. The number of hydrogen-bond donors (Lipinski definition) is 1. The molecule has 4 nitrogen and oxygen atoms in total. The van der Waals surface area contributed by atoms with Crippen LogP contribution < -0.4 is 5.32 Å². The molecule has 0 unspecified atom stereocenters. The minimum atomic E-state index is -0.316. The van der Waals surface area contributed by atoms with E-state index in [1.807, 2.05) is 0 Å². The zero-order chi connectivity index (χ0) is 11.1. The van der Waals surface area contributed by atoms with E-state index < -0.39 is 0 Å². The first-order valence-corrected chi connectivity index (χ1v) is 5.67. The third-order valence-corrected chi connectivity index (χ3v) is 2.92. The van der Waals surface area contributed by atoms with Gasteiger partial charge >= 0.3 is 6.09 Å². The number of rotatable bonds is 2. The van der Waals surface area contributed by atoms with Gasteiger partial charge in [-0.25, -0.2) is 4.79 Å². The Morgan fingerprint density at radius 1 is 1.13 bits per heavy atom. The predicted molar refractivity (Wildman–Crippen MR) is 57.8 cm³/mol. The minimum Gasteiger partial charge on any atom is -0.446 e. The molecule has 1 aliphatic carbocycles. The van der Waals surface area contributed by atoms with Crippen molar-refractivity contribution in [3.8, 4) is 0 Å². The van der Waals surface area contributed by atoms with Crippen LogP contribution in [0.25, 0.3) is 0 Å². The van der Waals surface area contributed by atoms with E-state index in [4.69, 9.17) is 9.47 Å². The highest BCUT2D eigenvalue weighted by atomic mass is 16.6. The molecule has 0 bridgehead atoms. The largest absolute Gasteiger partial charge is 0.446 e. The monoisotopic (exact) mass is 215 g/mol. The summed E-state index contributed by atoms with van der Waals surface area (Å²) in [6.45, 7) is 0. The SMILES string of the molecule is CNC(=O)OC1CCCC(OC)CCC1. The van der Waals surface area contributed by atoms with E-state index in [1.54, 1.807) is 14.2 Å². The molecule has 15 heavy (non-hydrogen) atoms. The first-order chi connectivity index (χ1) is 7.26. The van der Waals surface area contributed by atoms with Gasteiger partial charge in [-0.15, -0.1) is 0 Å². The zero-order valence-electron chi connectivity index (χ0n) is 9.62. The van der Waals surface area contributed by atoms with Gasteiger partial charge in [0.2, 0.25) is 0 Å². The Morgan fingerprint density at radius 2 is 1.67 bits per heavy atom. The molecule has 0 heterocycles. The van der Waals surface area contributed by atoms with Gasteiger partial charge in [0, 0.05) is 14.2 Å². The topological polar surface area (TPSA) is 47.6 Å². The number of carbonyl (C=O) groups excluding carboxylic acids is 1. The summed E-state index contributed by atoms with van der Waals surface area (Å²) >= 11 is 0. The molecule has 0 atom stereocenters. The fourth-order valence-corrected chi connectivity index (χ4v) is 2.00. The van der Waals surface area contributed by atoms with E-state index >= 15 is 0 Å². The fourth-order valence-electron chi connectivity index (χ4n) is 2.00. The van der Waals surface area contributed by atoms with E-state index in [-0.39, 0.29) is 12.2 Å². The smallest absolute Gasteiger partial charge is 0.407 e. The van der Waals surface area contributed by atoms with E-state index in [1.165, 1.54) is 0 Å². The van der Waals surface area contributed by atoms with Crippen LogP contribution in [-0.2, 0) is 9.47 Å². The maximum absolute atomic E-state index is 11.0. The molecule has 1 aliphatic rings. The Hall–Kier alpha value is -0.770. The fraction of sp³-hybridized carbons (Fsp3) is 0.909. The van der Waals surface area contributed by atoms with Gasteiger partial charge in [0.15, 0.2) is 0 Å². The highest BCUT2D eigenvalue weighted by molar-refractivity contribution is 5.66. The number of carbonyl (C=O) groups is 1. The molecule has 0 saturated heterocycles. The Bertz CT molecular complexity index is 186. The molecular formula is C11H21NO3. The van der Waals surface area contributed by atoms with Gasteiger partial charge in [0.25, 0.3) is 0 Å². The van der Waals surface area contributed by atoms with Crippen molar-refractivity contribution in [1.29, 1.82) is 0 Å². The summed E-state index contributed by atoms with van der Waals surface area (Å²) in [6, 6.07) is 0. The maximum Gasteiger partial charge on any atom is 0.407 e. The number of amides is 1. The number of nitrogens with one attached hydrogen (secondary N) is 1. The van der Waals surface area contributed by atoms with Crippen LogP contribution in [0.1, 0.15) is 38.5 Å². The van der Waals surface area contributed by atoms with Crippen molar-refractivity contribution < 1.29 is 14.3 Å². The summed E-state index contributed by atoms with van der Waals surface area (Å²) in [5, 5.41) is 2.48. The van der Waals surface area contributed by atoms with Crippen LogP contribution in [0.5, 0.6) is 0 Å². The molecule has 1 amide bonds. The van der Waals surface area contributed by atoms with E-state index in [0.29, 0.717) is 6.10 Å². The quantitative estimate of drug-likeness (QED) is 0.767. The van der Waals surface area contributed by atoms with Crippen molar-refractivity contribution >= 4 is 6.09 Å². The lowest BCUT2D eigenvalue weighted by Crippen LogP contribution is -2.27. The van der Waals surface area contributed by atoms with Crippen LogP contribution in [0.4, 0.5) is 4.79 Å². The van der Waals surface area contributed by atoms with Crippen LogP contribution in [0.2, 0.25) is 0 Å². The number of ether oxygens (including phenoxy) is 2. The summed E-state index contributed by atoms with van der Waals surface area (Å²) in [7, 11) is 3.36. The molecule has 0 aromatic carbocycles. The van der Waals surface area contributed by atoms with Crippen LogP contribution in [-0.4, -0.2) is 32.5 Å². The number of methoxy groups -OCH3 is 1. The Balaban J connectivity index is 2.28. The predicted octanol–water partition coefficient (Wildman–Crippen LogP) is 2.08. The minimum absolute atomic E-state index is 0.0859. The molecule has 0 aliphatic heterocycles. The summed E-state index contributed by atoms with van der Waals surface area (Å²) < 4.78 is 10.6. The van der Waals surface area contributed by atoms with Gasteiger partial charge < -0.3 is 14.8 Å². The lowest BCUT2D eigenvalue weighted by atomic mass is 9.96. The molecule has 1 saturated carbocycles. The van der Waals surface area contributed by atoms with Crippen molar-refractivity contribution in [1.82, 2.24) is 5.32 Å². The van der Waals surface area contributed by atoms with Crippen LogP contribution >= 0.6 is 0 Å². The summed E-state index contributed by atoms with van der Waals surface area (Å²) in [6.07, 6.45) is 6.35. The standard InChI is InChI=1S/C11H21NO3/c1-12-11(13)15-10-7-3-5-9(14-2)6-4-8-10/h9-10H,3-8H2,1-2H3,(H,12,13). The lowest BCUT2D eigenvalue weighted by molar-refractivity contribution is 0.0479. The summed E-state index contributed by atoms with van der Waals surface area (Å²) in [4.78, 5) is 11.0. The second-order valence-corrected chi connectivity index (χ2v) is 4.00. The maximum atomic E-state index is 11.0. The van der Waals surface area contributed by atoms with Crippen LogP contribution in [0.15, 0.2) is 0 Å². The first kappa shape index (κ1) is 12.3. The third kappa shape index (κ3) is 4.51. The van der Waals surface area contributed by atoms with E-state index in [0.717, 1.165) is 38.5 Å². The van der Waals surface area contributed by atoms with Gasteiger partial charge in [0.05, 0.1) is 6.10 Å². The van der Waals surface area contributed by atoms with Gasteiger partial charge in [-0.2, -0.15) is 0 Å². The van der Waals surface area contributed by atoms with Gasteiger partial charge in [0.1, 0.15) is 6.10 Å². The molecule has 1 fully saturated rings. The molecular weight excluding hydrogens is 194 g/mol. The van der Waals surface area contributed by atoms with Gasteiger partial charge in [-0.1, -0.05) is 0 Å². The highest BCUT2D eigenvalue weighted by Gasteiger charge is 2.18. The molecule has 0 radical (unpaired) electrons. The van der Waals surface area contributed by atoms with Crippen molar-refractivity contribution in [3.05, 3.63) is 0 Å². The zero-order valence-corrected chi connectivity index (χ0v) is 9.62. The Labute approximate surface area is 91.3 Å². The van der Waals surface area contributed by atoms with Gasteiger partial charge in [-0.3, -0.25) is 0 Å². The normalized spacial score (nSPS) is 27.6. The molecule has 0 aromatic rings. The second-order valence-electron chi connectivity index (χ2n) is 4.00. The van der Waals surface area contributed by atoms with Crippen LogP contribution in [0.3, 0.4) is 0 Å². The molecule has 4 heteroatoms. The lowest BCUT2D eigenvalue weighted by Gasteiger charge is -2.23. The van der Waals surface area contributed by atoms with Crippen molar-refractivity contribution in [2.75, 3.05) is 14.2 Å². The summed E-state index contributed by atoms with van der Waals surface area (Å²) in [5.41, 5.74) is 0. The highest BCUT2D eigenvalue weighted by Crippen LogP contribution is 2.21. The van der Waals surface area contributed by atoms with E-state index in [2.05, 4.69) is 5.32 Å². The average molecular weight is 215 g/mol. The summed E-state index contributed by atoms with van der Waals surface area (Å²) in [5.74, 6) is 0.